The Bertz CT molecular complexity index is 333. The highest BCUT2D eigenvalue weighted by Gasteiger charge is 2.17. The zero-order valence-corrected chi connectivity index (χ0v) is 7.86. The number of para-hydroxylation sites is 1. The molecule has 0 aromatic heterocycles. The van der Waals surface area contributed by atoms with Crippen LogP contribution in [0.15, 0.2) is 29.3 Å². The van der Waals surface area contributed by atoms with Crippen LogP contribution in [0.25, 0.3) is 0 Å². The lowest BCUT2D eigenvalue weighted by molar-refractivity contribution is 0.685. The predicted octanol–water partition coefficient (Wildman–Crippen LogP) is 1.69. The molecule has 0 unspecified atom stereocenters. The minimum absolute atomic E-state index is 0.182. The number of hydrazine groups is 1. The van der Waals surface area contributed by atoms with E-state index in [-0.39, 0.29) is 6.17 Å². The number of rotatable bonds is 1. The molecule has 1 aromatic rings. The molecule has 1 heterocycles. The van der Waals surface area contributed by atoms with Crippen LogP contribution >= 0.6 is 0 Å². The Kier molecular flexibility index (Phi) is 1.93. The van der Waals surface area contributed by atoms with E-state index in [1.165, 1.54) is 11.3 Å². The molecule has 0 amide bonds. The Hall–Kier alpha value is -1.51. The molecule has 13 heavy (non-hydrogen) atoms. The molecule has 0 saturated heterocycles. The van der Waals surface area contributed by atoms with Gasteiger partial charge in [0.05, 0.1) is 5.69 Å². The number of nitrogens with one attached hydrogen (secondary N) is 1. The summed E-state index contributed by atoms with van der Waals surface area (Å²) < 4.78 is 0. The van der Waals surface area contributed by atoms with Gasteiger partial charge >= 0.3 is 0 Å². The van der Waals surface area contributed by atoms with Crippen LogP contribution < -0.4 is 10.4 Å². The summed E-state index contributed by atoms with van der Waals surface area (Å²) in [5.74, 6) is 0. The monoisotopic (exact) mass is 175 g/mol. The lowest BCUT2D eigenvalue weighted by Crippen LogP contribution is -2.37. The second-order valence-electron chi connectivity index (χ2n) is 3.20. The molecule has 1 atom stereocenters. The Morgan fingerprint density at radius 3 is 2.77 bits per heavy atom. The fourth-order valence-electron chi connectivity index (χ4n) is 1.48. The summed E-state index contributed by atoms with van der Waals surface area (Å²) in [5, 5.41) is 2.05. The SMILES string of the molecule is Cc1ccccc1N1NC=N[C@@H]1C. The number of anilines is 1. The van der Waals surface area contributed by atoms with Gasteiger partial charge in [-0.15, -0.1) is 0 Å². The van der Waals surface area contributed by atoms with Crippen LogP contribution in [-0.4, -0.2) is 12.5 Å². The van der Waals surface area contributed by atoms with Gasteiger partial charge in [-0.05, 0) is 25.5 Å². The van der Waals surface area contributed by atoms with E-state index in [0.717, 1.165) is 0 Å². The first-order chi connectivity index (χ1) is 6.29. The van der Waals surface area contributed by atoms with Gasteiger partial charge in [-0.1, -0.05) is 18.2 Å². The third kappa shape index (κ3) is 1.37. The molecule has 0 aliphatic carbocycles. The zero-order chi connectivity index (χ0) is 9.26. The largest absolute Gasteiger partial charge is 0.286 e. The molecule has 68 valence electrons. The van der Waals surface area contributed by atoms with Crippen molar-refractivity contribution in [3.63, 3.8) is 0 Å². The molecule has 1 aliphatic heterocycles. The van der Waals surface area contributed by atoms with Crippen LogP contribution in [-0.2, 0) is 0 Å². The topological polar surface area (TPSA) is 27.6 Å². The van der Waals surface area contributed by atoms with Crippen molar-refractivity contribution in [1.29, 1.82) is 0 Å². The first kappa shape index (κ1) is 8.10. The summed E-state index contributed by atoms with van der Waals surface area (Å²) in [6, 6.07) is 8.27. The normalized spacial score (nSPS) is 20.5. The van der Waals surface area contributed by atoms with Gasteiger partial charge in [-0.3, -0.25) is 10.4 Å². The van der Waals surface area contributed by atoms with E-state index in [2.05, 4.69) is 41.4 Å². The predicted molar refractivity (Wildman–Crippen MR) is 54.7 cm³/mol. The third-order valence-corrected chi connectivity index (χ3v) is 2.24. The molecular weight excluding hydrogens is 162 g/mol. The Labute approximate surface area is 78.1 Å². The summed E-state index contributed by atoms with van der Waals surface area (Å²) in [6.45, 7) is 4.16. The van der Waals surface area contributed by atoms with Crippen LogP contribution in [0.5, 0.6) is 0 Å². The highest BCUT2D eigenvalue weighted by atomic mass is 15.6. The molecule has 1 aliphatic rings. The number of nitrogens with zero attached hydrogens (tertiary/aromatic N) is 2. The molecular formula is C10H13N3. The van der Waals surface area contributed by atoms with E-state index >= 15 is 0 Å². The molecule has 3 nitrogen and oxygen atoms in total. The average molecular weight is 175 g/mol. The van der Waals surface area contributed by atoms with Crippen molar-refractivity contribution in [3.8, 4) is 0 Å². The number of hydrogen-bond acceptors (Lipinski definition) is 3. The summed E-state index contributed by atoms with van der Waals surface area (Å²) in [4.78, 5) is 4.22. The molecule has 0 saturated carbocycles. The van der Waals surface area contributed by atoms with Crippen molar-refractivity contribution >= 4 is 12.0 Å². The van der Waals surface area contributed by atoms with Gasteiger partial charge in [-0.2, -0.15) is 0 Å². The highest BCUT2D eigenvalue weighted by Crippen LogP contribution is 2.21. The van der Waals surface area contributed by atoms with Crippen molar-refractivity contribution in [2.75, 3.05) is 5.01 Å². The first-order valence-corrected chi connectivity index (χ1v) is 4.42. The number of hydrogen-bond donors (Lipinski definition) is 1. The number of aryl methyl sites for hydroxylation is 1. The van der Waals surface area contributed by atoms with E-state index in [1.807, 2.05) is 12.1 Å². The van der Waals surface area contributed by atoms with Gasteiger partial charge in [0, 0.05) is 0 Å². The average Bonchev–Trinajstić information content (AvgIpc) is 2.52. The summed E-state index contributed by atoms with van der Waals surface area (Å²) in [5.41, 5.74) is 5.55. The molecule has 0 fully saturated rings. The van der Waals surface area contributed by atoms with Crippen molar-refractivity contribution in [3.05, 3.63) is 29.8 Å². The maximum absolute atomic E-state index is 4.22. The lowest BCUT2D eigenvalue weighted by atomic mass is 10.2. The maximum Gasteiger partial charge on any atom is 0.139 e. The fourth-order valence-corrected chi connectivity index (χ4v) is 1.48. The molecule has 0 radical (unpaired) electrons. The van der Waals surface area contributed by atoms with Crippen LogP contribution in [0, 0.1) is 6.92 Å². The zero-order valence-electron chi connectivity index (χ0n) is 7.86. The molecule has 0 spiro atoms. The third-order valence-electron chi connectivity index (χ3n) is 2.24. The van der Waals surface area contributed by atoms with E-state index in [1.54, 1.807) is 6.34 Å². The Morgan fingerprint density at radius 1 is 1.38 bits per heavy atom. The van der Waals surface area contributed by atoms with E-state index in [9.17, 15) is 0 Å². The van der Waals surface area contributed by atoms with Gasteiger partial charge in [-0.25, -0.2) is 4.99 Å². The molecule has 1 aromatic carbocycles. The smallest absolute Gasteiger partial charge is 0.139 e. The van der Waals surface area contributed by atoms with E-state index in [4.69, 9.17) is 0 Å². The highest BCUT2D eigenvalue weighted by molar-refractivity contribution is 5.66. The lowest BCUT2D eigenvalue weighted by Gasteiger charge is -2.23. The van der Waals surface area contributed by atoms with Gasteiger partial charge in [0.25, 0.3) is 0 Å². The van der Waals surface area contributed by atoms with Crippen LogP contribution in [0.1, 0.15) is 12.5 Å². The van der Waals surface area contributed by atoms with Crippen molar-refractivity contribution in [2.45, 2.75) is 20.0 Å². The second-order valence-corrected chi connectivity index (χ2v) is 3.20. The van der Waals surface area contributed by atoms with E-state index in [0.29, 0.717) is 0 Å². The first-order valence-electron chi connectivity index (χ1n) is 4.42. The molecule has 0 bridgehead atoms. The van der Waals surface area contributed by atoms with Crippen LogP contribution in [0.2, 0.25) is 0 Å². The molecule has 2 rings (SSSR count). The van der Waals surface area contributed by atoms with Crippen LogP contribution in [0.4, 0.5) is 5.69 Å². The Morgan fingerprint density at radius 2 is 2.15 bits per heavy atom. The van der Waals surface area contributed by atoms with Gasteiger partial charge in [0.2, 0.25) is 0 Å². The van der Waals surface area contributed by atoms with Crippen molar-refractivity contribution in [1.82, 2.24) is 5.43 Å². The standard InChI is InChI=1S/C10H13N3/c1-8-5-3-4-6-10(8)13-9(2)11-7-12-13/h3-7,9H,1-2H3,(H,11,12)/t9-/m0/s1. The fraction of sp³-hybridized carbons (Fsp3) is 0.300. The van der Waals surface area contributed by atoms with Crippen molar-refractivity contribution < 1.29 is 0 Å². The Balaban J connectivity index is 2.31. The van der Waals surface area contributed by atoms with Gasteiger partial charge < -0.3 is 0 Å². The molecule has 1 N–H and O–H groups in total. The second kappa shape index (κ2) is 3.09. The number of benzene rings is 1. The summed E-state index contributed by atoms with van der Waals surface area (Å²) >= 11 is 0. The summed E-state index contributed by atoms with van der Waals surface area (Å²) in [6.07, 6.45) is 1.91. The van der Waals surface area contributed by atoms with Crippen molar-refractivity contribution in [2.24, 2.45) is 4.99 Å². The quantitative estimate of drug-likeness (QED) is 0.703. The minimum atomic E-state index is 0.182. The molecule has 3 heteroatoms. The summed E-state index contributed by atoms with van der Waals surface area (Å²) in [7, 11) is 0. The van der Waals surface area contributed by atoms with Gasteiger partial charge in [0.1, 0.15) is 12.5 Å². The maximum atomic E-state index is 4.22. The van der Waals surface area contributed by atoms with Gasteiger partial charge in [0.15, 0.2) is 0 Å². The number of aliphatic imine (C=N–C) groups is 1. The van der Waals surface area contributed by atoms with E-state index < -0.39 is 0 Å². The minimum Gasteiger partial charge on any atom is -0.286 e. The van der Waals surface area contributed by atoms with Crippen LogP contribution in [0.3, 0.4) is 0 Å².